The van der Waals surface area contributed by atoms with E-state index in [4.69, 9.17) is 9.84 Å². The molecule has 6 nitrogen and oxygen atoms in total. The van der Waals surface area contributed by atoms with Gasteiger partial charge in [-0.25, -0.2) is 0 Å². The van der Waals surface area contributed by atoms with Gasteiger partial charge in [0.2, 0.25) is 0 Å². The fraction of sp³-hybridized carbons (Fsp3) is 0.368. The fourth-order valence-corrected chi connectivity index (χ4v) is 6.77. The number of likely N-dealkylation sites (N-methyl/N-ethyl adjacent to an activating group) is 1. The summed E-state index contributed by atoms with van der Waals surface area (Å²) in [5.74, 6) is -0.0786. The van der Waals surface area contributed by atoms with Crippen LogP contribution in [0.3, 0.4) is 0 Å². The predicted octanol–water partition coefficient (Wildman–Crippen LogP) is 8.29. The molecule has 0 saturated heterocycles. The molecule has 0 atom stereocenters. The van der Waals surface area contributed by atoms with Crippen molar-refractivity contribution >= 4 is 33.9 Å². The number of Topliss-reactive ketones (excluding diaryl/α,β-unsaturated/α-hetero) is 1. The predicted molar refractivity (Wildman–Crippen MR) is 179 cm³/mol. The lowest BCUT2D eigenvalue weighted by Crippen LogP contribution is -2.28. The number of hydrogen-bond donors (Lipinski definition) is 2. The normalized spacial score (nSPS) is 17.8. The molecular weight excluding hydrogens is 548 g/mol. The molecule has 1 heterocycles. The number of aliphatic carboxylic acids is 1. The molecule has 44 heavy (non-hydrogen) atoms. The van der Waals surface area contributed by atoms with Crippen molar-refractivity contribution in [2.24, 2.45) is 0 Å². The van der Waals surface area contributed by atoms with Crippen molar-refractivity contribution in [3.63, 3.8) is 0 Å². The third kappa shape index (κ3) is 5.78. The number of hydrogen-bond acceptors (Lipinski definition) is 5. The summed E-state index contributed by atoms with van der Waals surface area (Å²) < 4.78 is 5.82. The van der Waals surface area contributed by atoms with Gasteiger partial charge in [-0.05, 0) is 64.8 Å². The van der Waals surface area contributed by atoms with E-state index in [1.54, 1.807) is 7.11 Å². The second-order valence-electron chi connectivity index (χ2n) is 13.1. The van der Waals surface area contributed by atoms with Crippen LogP contribution in [-0.2, 0) is 25.2 Å². The van der Waals surface area contributed by atoms with Gasteiger partial charge in [-0.3, -0.25) is 9.59 Å². The van der Waals surface area contributed by atoms with E-state index in [1.807, 2.05) is 18.2 Å². The summed E-state index contributed by atoms with van der Waals surface area (Å²) in [5.41, 5.74) is 6.50. The molecule has 0 bridgehead atoms. The maximum absolute atomic E-state index is 13.6. The van der Waals surface area contributed by atoms with Crippen LogP contribution in [0.1, 0.15) is 70.9 Å². The molecule has 0 saturated carbocycles. The zero-order chi connectivity index (χ0) is 31.6. The van der Waals surface area contributed by atoms with Gasteiger partial charge in [0.1, 0.15) is 5.76 Å². The Hall–Kier alpha value is -4.32. The molecule has 0 spiro atoms. The van der Waals surface area contributed by atoms with E-state index in [0.717, 1.165) is 36.5 Å². The van der Waals surface area contributed by atoms with Gasteiger partial charge in [0.25, 0.3) is 0 Å². The third-order valence-corrected chi connectivity index (χ3v) is 9.21. The molecule has 3 aromatic carbocycles. The number of rotatable bonds is 12. The highest BCUT2D eigenvalue weighted by atomic mass is 16.5. The van der Waals surface area contributed by atoms with E-state index in [0.29, 0.717) is 29.7 Å². The highest BCUT2D eigenvalue weighted by Crippen LogP contribution is 2.48. The van der Waals surface area contributed by atoms with Crippen LogP contribution in [-0.4, -0.2) is 37.6 Å². The largest absolute Gasteiger partial charge is 0.495 e. The van der Waals surface area contributed by atoms with Crippen molar-refractivity contribution in [3.05, 3.63) is 107 Å². The van der Waals surface area contributed by atoms with Gasteiger partial charge >= 0.3 is 5.97 Å². The second-order valence-corrected chi connectivity index (χ2v) is 13.1. The van der Waals surface area contributed by atoms with E-state index in [1.165, 1.54) is 21.9 Å². The number of unbranched alkanes of at least 4 members (excludes halogenated alkanes) is 2. The molecule has 0 fully saturated rings. The number of anilines is 2. The second kappa shape index (κ2) is 12.4. The Morgan fingerprint density at radius 1 is 1.02 bits per heavy atom. The van der Waals surface area contributed by atoms with Gasteiger partial charge in [0.15, 0.2) is 5.78 Å². The number of carbonyl (C=O) groups excluding carboxylic acids is 1. The lowest BCUT2D eigenvalue weighted by atomic mass is 9.75. The Labute approximate surface area is 261 Å². The zero-order valence-electron chi connectivity index (χ0n) is 26.8. The Balaban J connectivity index is 1.41. The number of benzene rings is 3. The summed E-state index contributed by atoms with van der Waals surface area (Å²) in [7, 11) is 3.70. The summed E-state index contributed by atoms with van der Waals surface area (Å²) in [4.78, 5) is 26.6. The lowest BCUT2D eigenvalue weighted by Gasteiger charge is -2.31. The van der Waals surface area contributed by atoms with Gasteiger partial charge in [0, 0.05) is 42.5 Å². The maximum atomic E-state index is 13.6. The minimum Gasteiger partial charge on any atom is -0.495 e. The molecule has 0 unspecified atom stereocenters. The van der Waals surface area contributed by atoms with E-state index < -0.39 is 5.97 Å². The van der Waals surface area contributed by atoms with E-state index in [9.17, 15) is 9.59 Å². The lowest BCUT2D eigenvalue weighted by molar-refractivity contribution is -0.137. The van der Waals surface area contributed by atoms with Crippen molar-refractivity contribution < 1.29 is 19.4 Å². The monoisotopic (exact) mass is 592 g/mol. The number of allylic oxidation sites excluding steroid dienone is 5. The van der Waals surface area contributed by atoms with Crippen LogP contribution in [0.5, 0.6) is 0 Å². The van der Waals surface area contributed by atoms with E-state index in [-0.39, 0.29) is 23.0 Å². The van der Waals surface area contributed by atoms with Crippen LogP contribution in [0, 0.1) is 0 Å². The van der Waals surface area contributed by atoms with Crippen LogP contribution >= 0.6 is 0 Å². The number of ether oxygens (including phenoxy) is 1. The molecule has 0 radical (unpaired) electrons. The highest BCUT2D eigenvalue weighted by molar-refractivity contribution is 6.21. The van der Waals surface area contributed by atoms with Crippen LogP contribution < -0.4 is 10.2 Å². The molecular formula is C38H44N2O4. The molecule has 0 amide bonds. The fourth-order valence-electron chi connectivity index (χ4n) is 6.77. The number of carboxylic acid groups (broad SMARTS) is 1. The number of carboxylic acids is 1. The smallest absolute Gasteiger partial charge is 0.303 e. The number of nitrogens with zero attached hydrogens (tertiary/aromatic N) is 1. The highest BCUT2D eigenvalue weighted by Gasteiger charge is 2.41. The molecule has 230 valence electrons. The first kappa shape index (κ1) is 31.1. The van der Waals surface area contributed by atoms with Gasteiger partial charge in [0.05, 0.1) is 18.3 Å². The number of carbonyl (C=O) groups is 2. The molecule has 3 aromatic rings. The Morgan fingerprint density at radius 3 is 2.48 bits per heavy atom. The number of methoxy groups -OCH3 is 1. The van der Waals surface area contributed by atoms with Crippen LogP contribution in [0.2, 0.25) is 0 Å². The van der Waals surface area contributed by atoms with Gasteiger partial charge < -0.3 is 20.1 Å². The summed E-state index contributed by atoms with van der Waals surface area (Å²) in [6.45, 7) is 9.60. The number of fused-ring (bicyclic) bond motifs is 2. The minimum atomic E-state index is -0.744. The van der Waals surface area contributed by atoms with Crippen LogP contribution in [0.15, 0.2) is 95.4 Å². The summed E-state index contributed by atoms with van der Waals surface area (Å²) in [5, 5.41) is 14.9. The minimum absolute atomic E-state index is 0.0166. The van der Waals surface area contributed by atoms with Crippen molar-refractivity contribution in [2.45, 2.75) is 70.6 Å². The zero-order valence-corrected chi connectivity index (χ0v) is 26.8. The first-order valence-corrected chi connectivity index (χ1v) is 15.5. The number of ketones is 1. The Bertz CT molecular complexity index is 1690. The van der Waals surface area contributed by atoms with Gasteiger partial charge in [-0.15, -0.1) is 0 Å². The number of para-hydroxylation sites is 1. The average Bonchev–Trinajstić information content (AvgIpc) is 3.19. The standard InChI is InChI=1S/C38H44N2O4/c1-37(2,34-26-15-10-9-14-25(26)19-20-30(34)39-23-13-7-8-18-33(41)42)22-21-27-35(43)28(36(27)44-6)24-32-38(3,4)29-16-11-12-17-31(29)40(32)5/h9-12,14-17,19-21,24,39H,7-8,13,18,22-23H2,1-6H3,(H,41,42)/b27-21+,32-24+. The maximum Gasteiger partial charge on any atom is 0.303 e. The van der Waals surface area contributed by atoms with Crippen molar-refractivity contribution in [1.29, 1.82) is 0 Å². The molecule has 1 aliphatic carbocycles. The van der Waals surface area contributed by atoms with Gasteiger partial charge in [-0.2, -0.15) is 0 Å². The molecule has 2 aliphatic rings. The number of nitrogens with one attached hydrogen (secondary N) is 1. The van der Waals surface area contributed by atoms with Crippen LogP contribution in [0.4, 0.5) is 11.4 Å². The van der Waals surface area contributed by atoms with E-state index >= 15 is 0 Å². The van der Waals surface area contributed by atoms with E-state index in [2.05, 4.69) is 99.6 Å². The molecule has 6 heteroatoms. The molecule has 2 N–H and O–H groups in total. The first-order valence-electron chi connectivity index (χ1n) is 15.5. The first-order chi connectivity index (χ1) is 21.0. The van der Waals surface area contributed by atoms with Gasteiger partial charge in [-0.1, -0.05) is 88.7 Å². The summed E-state index contributed by atoms with van der Waals surface area (Å²) in [6.07, 6.45) is 7.36. The van der Waals surface area contributed by atoms with Crippen molar-refractivity contribution in [2.75, 3.05) is 30.9 Å². The third-order valence-electron chi connectivity index (χ3n) is 9.21. The summed E-state index contributed by atoms with van der Waals surface area (Å²) >= 11 is 0. The van der Waals surface area contributed by atoms with Crippen molar-refractivity contribution in [3.8, 4) is 0 Å². The SMILES string of the molecule is COC1=C(/C=C2/N(C)c3ccccc3C2(C)C)C(=O)/C1=C\CC(C)(C)c1c(NCCCCCC(=O)O)ccc2ccccc12. The Morgan fingerprint density at radius 2 is 1.75 bits per heavy atom. The quantitative estimate of drug-likeness (QED) is 0.163. The summed E-state index contributed by atoms with van der Waals surface area (Å²) in [6, 6.07) is 21.1. The molecule has 1 aliphatic heterocycles. The topological polar surface area (TPSA) is 78.9 Å². The average molecular weight is 593 g/mol. The van der Waals surface area contributed by atoms with Crippen LogP contribution in [0.25, 0.3) is 10.8 Å². The van der Waals surface area contributed by atoms with Crippen molar-refractivity contribution in [1.82, 2.24) is 0 Å². The molecule has 0 aromatic heterocycles. The Kier molecular flexibility index (Phi) is 8.73. The molecule has 5 rings (SSSR count).